The summed E-state index contributed by atoms with van der Waals surface area (Å²) in [5.41, 5.74) is 2.61. The van der Waals surface area contributed by atoms with Gasteiger partial charge in [-0.2, -0.15) is 0 Å². The molecule has 6 heteroatoms. The lowest BCUT2D eigenvalue weighted by Crippen LogP contribution is -2.51. The first-order chi connectivity index (χ1) is 7.61. The zero-order valence-electron chi connectivity index (χ0n) is 8.23. The molecule has 0 saturated carbocycles. The lowest BCUT2D eigenvalue weighted by Gasteiger charge is -2.46. The fourth-order valence-electron chi connectivity index (χ4n) is 2.34. The third-order valence-electron chi connectivity index (χ3n) is 3.13. The molecule has 0 aromatic heterocycles. The maximum atomic E-state index is 3.69. The average molecular weight is 476 g/mol. The van der Waals surface area contributed by atoms with Gasteiger partial charge in [0.25, 0.3) is 0 Å². The van der Waals surface area contributed by atoms with E-state index in [0.29, 0.717) is 0 Å². The predicted molar refractivity (Wildman–Crippen MR) is 81.7 cm³/mol. The Morgan fingerprint density at radius 2 is 0.875 bits per heavy atom. The van der Waals surface area contributed by atoms with Gasteiger partial charge in [-0.1, -0.05) is 0 Å². The summed E-state index contributed by atoms with van der Waals surface area (Å²) in [6.07, 6.45) is 0. The molecular weight excluding hydrogens is 468 g/mol. The summed E-state index contributed by atoms with van der Waals surface area (Å²) in [6, 6.07) is 0. The van der Waals surface area contributed by atoms with Crippen LogP contribution in [-0.4, -0.2) is 26.2 Å². The minimum absolute atomic E-state index is 1.08. The molecule has 0 amide bonds. The standard InChI is InChI=1S/C10H8Br4N2/c11-5-6(12)8(14)10-9(7(5)13)15-1-2-16(10)4-3-15/h1-4H2. The molecule has 0 aliphatic carbocycles. The number of anilines is 2. The minimum atomic E-state index is 1.08. The Morgan fingerprint density at radius 3 is 1.19 bits per heavy atom. The molecule has 4 rings (SSSR count). The Balaban J connectivity index is 2.34. The molecule has 2 bridgehead atoms. The maximum absolute atomic E-state index is 3.69. The number of benzene rings is 1. The molecule has 3 aliphatic heterocycles. The van der Waals surface area contributed by atoms with E-state index < -0.39 is 0 Å². The number of halogens is 4. The minimum Gasteiger partial charge on any atom is -0.365 e. The molecule has 86 valence electrons. The number of hydrogen-bond acceptors (Lipinski definition) is 2. The normalized spacial score (nSPS) is 18.0. The van der Waals surface area contributed by atoms with Crippen LogP contribution in [0.4, 0.5) is 11.4 Å². The smallest absolute Gasteiger partial charge is 0.0773 e. The first-order valence-electron chi connectivity index (χ1n) is 4.97. The first kappa shape index (κ1) is 11.8. The second kappa shape index (κ2) is 4.14. The second-order valence-corrected chi connectivity index (χ2v) is 7.10. The highest BCUT2D eigenvalue weighted by Crippen LogP contribution is 2.53. The van der Waals surface area contributed by atoms with Crippen molar-refractivity contribution >= 4 is 75.1 Å². The second-order valence-electron chi connectivity index (χ2n) is 3.93. The number of hydrogen-bond donors (Lipinski definition) is 0. The van der Waals surface area contributed by atoms with E-state index in [4.69, 9.17) is 0 Å². The summed E-state index contributed by atoms with van der Waals surface area (Å²) in [7, 11) is 0. The van der Waals surface area contributed by atoms with Crippen LogP contribution in [0.25, 0.3) is 0 Å². The van der Waals surface area contributed by atoms with Crippen molar-refractivity contribution in [3.63, 3.8) is 0 Å². The number of rotatable bonds is 0. The highest BCUT2D eigenvalue weighted by molar-refractivity contribution is 9.15. The van der Waals surface area contributed by atoms with Crippen molar-refractivity contribution in [1.29, 1.82) is 0 Å². The number of fused-ring (bicyclic) bond motifs is 2. The van der Waals surface area contributed by atoms with Crippen LogP contribution in [0.5, 0.6) is 0 Å². The Labute approximate surface area is 128 Å². The van der Waals surface area contributed by atoms with Crippen LogP contribution in [-0.2, 0) is 0 Å². The lowest BCUT2D eigenvalue weighted by atomic mass is 10.1. The van der Waals surface area contributed by atoms with Crippen molar-refractivity contribution < 1.29 is 0 Å². The van der Waals surface area contributed by atoms with Crippen LogP contribution >= 0.6 is 63.7 Å². The van der Waals surface area contributed by atoms with Gasteiger partial charge >= 0.3 is 0 Å². The van der Waals surface area contributed by atoms with Gasteiger partial charge in [-0.25, -0.2) is 0 Å². The summed E-state index contributed by atoms with van der Waals surface area (Å²) in [6.45, 7) is 4.47. The third-order valence-corrected chi connectivity index (χ3v) is 7.86. The van der Waals surface area contributed by atoms with Crippen LogP contribution < -0.4 is 9.80 Å². The molecule has 0 spiro atoms. The van der Waals surface area contributed by atoms with Gasteiger partial charge in [-0.3, -0.25) is 0 Å². The fourth-order valence-corrected chi connectivity index (χ4v) is 4.92. The summed E-state index contributed by atoms with van der Waals surface area (Å²) in [5.74, 6) is 0. The molecule has 1 aromatic carbocycles. The topological polar surface area (TPSA) is 6.48 Å². The van der Waals surface area contributed by atoms with Crippen molar-refractivity contribution in [1.82, 2.24) is 0 Å². The van der Waals surface area contributed by atoms with Gasteiger partial charge in [0.2, 0.25) is 0 Å². The number of nitrogens with zero attached hydrogens (tertiary/aromatic N) is 2. The monoisotopic (exact) mass is 472 g/mol. The highest BCUT2D eigenvalue weighted by atomic mass is 79.9. The van der Waals surface area contributed by atoms with Gasteiger partial charge in [0.1, 0.15) is 0 Å². The van der Waals surface area contributed by atoms with Crippen LogP contribution in [0.2, 0.25) is 0 Å². The molecule has 16 heavy (non-hydrogen) atoms. The molecule has 0 N–H and O–H groups in total. The van der Waals surface area contributed by atoms with E-state index in [1.807, 2.05) is 0 Å². The van der Waals surface area contributed by atoms with Gasteiger partial charge in [-0.05, 0) is 63.7 Å². The van der Waals surface area contributed by atoms with Crippen LogP contribution in [0.1, 0.15) is 0 Å². The Morgan fingerprint density at radius 1 is 0.562 bits per heavy atom. The van der Waals surface area contributed by atoms with Crippen molar-refractivity contribution in [3.05, 3.63) is 17.9 Å². The third kappa shape index (κ3) is 1.52. The van der Waals surface area contributed by atoms with Gasteiger partial charge in [0.15, 0.2) is 0 Å². The molecule has 0 atom stereocenters. The Hall–Kier alpha value is 0.740. The van der Waals surface area contributed by atoms with Crippen LogP contribution in [0.15, 0.2) is 17.9 Å². The first-order valence-corrected chi connectivity index (χ1v) is 8.14. The van der Waals surface area contributed by atoms with Gasteiger partial charge < -0.3 is 9.80 Å². The average Bonchev–Trinajstić information content (AvgIpc) is 2.34. The van der Waals surface area contributed by atoms with E-state index in [1.165, 1.54) is 11.4 Å². The van der Waals surface area contributed by atoms with Gasteiger partial charge in [0, 0.05) is 35.1 Å². The van der Waals surface area contributed by atoms with E-state index in [0.717, 1.165) is 44.1 Å². The summed E-state index contributed by atoms with van der Waals surface area (Å²) in [5, 5.41) is 0. The predicted octanol–water partition coefficient (Wildman–Crippen LogP) is 4.38. The van der Waals surface area contributed by atoms with Crippen molar-refractivity contribution in [2.45, 2.75) is 0 Å². The van der Waals surface area contributed by atoms with E-state index >= 15 is 0 Å². The van der Waals surface area contributed by atoms with E-state index in [9.17, 15) is 0 Å². The SMILES string of the molecule is Brc1c(Br)c(Br)c2c(c1Br)N1CCN2CC1. The lowest BCUT2D eigenvalue weighted by molar-refractivity contribution is 0.621. The Bertz CT molecular complexity index is 424. The number of piperazine rings is 1. The summed E-state index contributed by atoms with van der Waals surface area (Å²) >= 11 is 14.6. The molecule has 1 fully saturated rings. The molecule has 1 saturated heterocycles. The zero-order chi connectivity index (χ0) is 11.4. The summed E-state index contributed by atoms with van der Waals surface area (Å²) in [4.78, 5) is 4.89. The zero-order valence-corrected chi connectivity index (χ0v) is 14.6. The maximum Gasteiger partial charge on any atom is 0.0773 e. The van der Waals surface area contributed by atoms with E-state index in [2.05, 4.69) is 73.5 Å². The highest BCUT2D eigenvalue weighted by Gasteiger charge is 2.34. The fraction of sp³-hybridized carbons (Fsp3) is 0.400. The van der Waals surface area contributed by atoms with E-state index in [-0.39, 0.29) is 0 Å². The van der Waals surface area contributed by atoms with Crippen molar-refractivity contribution in [2.24, 2.45) is 0 Å². The van der Waals surface area contributed by atoms with Crippen molar-refractivity contribution in [2.75, 3.05) is 36.0 Å². The molecule has 3 heterocycles. The van der Waals surface area contributed by atoms with Crippen LogP contribution in [0.3, 0.4) is 0 Å². The van der Waals surface area contributed by atoms with Crippen LogP contribution in [0, 0.1) is 0 Å². The molecule has 0 unspecified atom stereocenters. The molecule has 1 aromatic rings. The quantitative estimate of drug-likeness (QED) is 0.406. The molecule has 3 aliphatic rings. The van der Waals surface area contributed by atoms with Crippen molar-refractivity contribution in [3.8, 4) is 0 Å². The summed E-state index contributed by atoms with van der Waals surface area (Å²) < 4.78 is 4.43. The van der Waals surface area contributed by atoms with Gasteiger partial charge in [-0.15, -0.1) is 0 Å². The molecular formula is C10H8Br4N2. The molecule has 2 nitrogen and oxygen atoms in total. The largest absolute Gasteiger partial charge is 0.365 e. The van der Waals surface area contributed by atoms with E-state index in [1.54, 1.807) is 0 Å². The van der Waals surface area contributed by atoms with Gasteiger partial charge in [0.05, 0.1) is 20.3 Å². The molecule has 0 radical (unpaired) electrons. The Kier molecular flexibility index (Phi) is 3.06.